The van der Waals surface area contributed by atoms with E-state index < -0.39 is 0 Å². The van der Waals surface area contributed by atoms with Gasteiger partial charge in [-0.3, -0.25) is 0 Å². The van der Waals surface area contributed by atoms with Crippen LogP contribution in [0.25, 0.3) is 0 Å². The monoisotopic (exact) mass is 262 g/mol. The topological polar surface area (TPSA) is 69.9 Å². The minimum atomic E-state index is 0.0650. The van der Waals surface area contributed by atoms with E-state index in [0.29, 0.717) is 18.4 Å². The van der Waals surface area contributed by atoms with Gasteiger partial charge in [-0.2, -0.15) is 4.98 Å². The summed E-state index contributed by atoms with van der Waals surface area (Å²) in [5.41, 5.74) is 7.26. The van der Waals surface area contributed by atoms with Gasteiger partial charge in [0.2, 0.25) is 5.89 Å². The third-order valence-corrected chi connectivity index (χ3v) is 3.19. The van der Waals surface area contributed by atoms with Crippen LogP contribution in [-0.2, 0) is 6.54 Å². The lowest BCUT2D eigenvalue weighted by Crippen LogP contribution is -2.15. The molecule has 0 fully saturated rings. The molecule has 19 heavy (non-hydrogen) atoms. The van der Waals surface area contributed by atoms with E-state index in [1.807, 2.05) is 36.9 Å². The Balaban J connectivity index is 2.07. The smallest absolute Gasteiger partial charge is 0.246 e. The summed E-state index contributed by atoms with van der Waals surface area (Å²) in [5, 5.41) is 3.96. The molecule has 0 bridgehead atoms. The molecule has 5 nitrogen and oxygen atoms in total. The van der Waals surface area contributed by atoms with Crippen molar-refractivity contribution in [3.8, 4) is 0 Å². The van der Waals surface area contributed by atoms with Gasteiger partial charge in [0.25, 0.3) is 0 Å². The lowest BCUT2D eigenvalue weighted by Gasteiger charge is -2.13. The van der Waals surface area contributed by atoms with Crippen LogP contribution < -0.4 is 5.73 Å². The molecule has 0 saturated heterocycles. The van der Waals surface area contributed by atoms with Crippen molar-refractivity contribution >= 4 is 0 Å². The summed E-state index contributed by atoms with van der Waals surface area (Å²) in [5.74, 6) is 2.09. The highest BCUT2D eigenvalue weighted by molar-refractivity contribution is 5.16. The Morgan fingerprint density at radius 3 is 2.63 bits per heavy atom. The van der Waals surface area contributed by atoms with E-state index in [0.717, 1.165) is 11.4 Å². The molecule has 0 saturated carbocycles. The molecule has 0 spiro atoms. The second kappa shape index (κ2) is 5.57. The number of nitrogens with zero attached hydrogens (tertiary/aromatic N) is 3. The molecule has 2 N–H and O–H groups in total. The van der Waals surface area contributed by atoms with Crippen LogP contribution in [0.5, 0.6) is 0 Å². The SMILES string of the molecule is CC(C)c1noc(Cn2ccc(C(N)C(C)C)c2)n1. The zero-order valence-corrected chi connectivity index (χ0v) is 12.0. The fraction of sp³-hybridized carbons (Fsp3) is 0.571. The average Bonchev–Trinajstić information content (AvgIpc) is 2.97. The Morgan fingerprint density at radius 2 is 2.05 bits per heavy atom. The van der Waals surface area contributed by atoms with Crippen LogP contribution in [-0.4, -0.2) is 14.7 Å². The molecule has 0 radical (unpaired) electrons. The Labute approximate surface area is 113 Å². The summed E-state index contributed by atoms with van der Waals surface area (Å²) in [4.78, 5) is 4.36. The largest absolute Gasteiger partial charge is 0.345 e. The molecule has 2 rings (SSSR count). The lowest BCUT2D eigenvalue weighted by molar-refractivity contribution is 0.364. The predicted molar refractivity (Wildman–Crippen MR) is 73.7 cm³/mol. The van der Waals surface area contributed by atoms with Crippen molar-refractivity contribution in [2.75, 3.05) is 0 Å². The summed E-state index contributed by atoms with van der Waals surface area (Å²) >= 11 is 0. The number of nitrogens with two attached hydrogens (primary N) is 1. The molecule has 1 unspecified atom stereocenters. The van der Waals surface area contributed by atoms with Crippen molar-refractivity contribution in [1.82, 2.24) is 14.7 Å². The third kappa shape index (κ3) is 3.23. The number of hydrogen-bond donors (Lipinski definition) is 1. The van der Waals surface area contributed by atoms with Gasteiger partial charge < -0.3 is 14.8 Å². The van der Waals surface area contributed by atoms with Crippen molar-refractivity contribution < 1.29 is 4.52 Å². The molecular formula is C14H22N4O. The van der Waals surface area contributed by atoms with E-state index in [2.05, 4.69) is 24.0 Å². The molecule has 2 aromatic rings. The van der Waals surface area contributed by atoms with Gasteiger partial charge in [0.05, 0.1) is 0 Å². The van der Waals surface area contributed by atoms with Crippen LogP contribution in [0.1, 0.15) is 56.9 Å². The molecule has 0 aliphatic carbocycles. The van der Waals surface area contributed by atoms with Gasteiger partial charge in [-0.05, 0) is 17.5 Å². The van der Waals surface area contributed by atoms with Crippen LogP contribution in [0.3, 0.4) is 0 Å². The minimum absolute atomic E-state index is 0.0650. The number of hydrogen-bond acceptors (Lipinski definition) is 4. The molecule has 2 heterocycles. The average molecular weight is 262 g/mol. The van der Waals surface area contributed by atoms with Gasteiger partial charge in [-0.25, -0.2) is 0 Å². The normalized spacial score (nSPS) is 13.4. The van der Waals surface area contributed by atoms with Crippen molar-refractivity contribution in [3.05, 3.63) is 35.7 Å². The summed E-state index contributed by atoms with van der Waals surface area (Å²) in [6.45, 7) is 8.92. The molecule has 0 amide bonds. The molecule has 0 aliphatic heterocycles. The number of rotatable bonds is 5. The van der Waals surface area contributed by atoms with E-state index in [4.69, 9.17) is 10.3 Å². The molecule has 2 aromatic heterocycles. The molecule has 0 aromatic carbocycles. The fourth-order valence-electron chi connectivity index (χ4n) is 1.86. The predicted octanol–water partition coefficient (Wildman–Crippen LogP) is 2.70. The van der Waals surface area contributed by atoms with Crippen LogP contribution in [0.15, 0.2) is 23.0 Å². The van der Waals surface area contributed by atoms with Gasteiger partial charge in [-0.1, -0.05) is 32.9 Å². The van der Waals surface area contributed by atoms with Crippen LogP contribution >= 0.6 is 0 Å². The zero-order valence-electron chi connectivity index (χ0n) is 12.0. The first kappa shape index (κ1) is 13.8. The van der Waals surface area contributed by atoms with E-state index >= 15 is 0 Å². The highest BCUT2D eigenvalue weighted by Gasteiger charge is 2.13. The highest BCUT2D eigenvalue weighted by atomic mass is 16.5. The Hall–Kier alpha value is -1.62. The first-order valence-electron chi connectivity index (χ1n) is 6.71. The Morgan fingerprint density at radius 1 is 1.32 bits per heavy atom. The molecule has 5 heteroatoms. The van der Waals surface area contributed by atoms with Gasteiger partial charge >= 0.3 is 0 Å². The van der Waals surface area contributed by atoms with Gasteiger partial charge in [0.1, 0.15) is 6.54 Å². The van der Waals surface area contributed by atoms with E-state index in [9.17, 15) is 0 Å². The third-order valence-electron chi connectivity index (χ3n) is 3.19. The van der Waals surface area contributed by atoms with E-state index in [1.165, 1.54) is 0 Å². The van der Waals surface area contributed by atoms with Gasteiger partial charge in [-0.15, -0.1) is 0 Å². The van der Waals surface area contributed by atoms with E-state index in [-0.39, 0.29) is 12.0 Å². The number of aromatic nitrogens is 3. The maximum absolute atomic E-state index is 6.12. The first-order valence-corrected chi connectivity index (χ1v) is 6.71. The van der Waals surface area contributed by atoms with Crippen molar-refractivity contribution in [2.45, 2.75) is 46.2 Å². The first-order chi connectivity index (χ1) is 8.97. The quantitative estimate of drug-likeness (QED) is 0.899. The minimum Gasteiger partial charge on any atom is -0.345 e. The molecular weight excluding hydrogens is 240 g/mol. The molecule has 0 aliphatic rings. The summed E-state index contributed by atoms with van der Waals surface area (Å²) in [7, 11) is 0. The highest BCUT2D eigenvalue weighted by Crippen LogP contribution is 2.19. The van der Waals surface area contributed by atoms with Crippen molar-refractivity contribution in [3.63, 3.8) is 0 Å². The fourth-order valence-corrected chi connectivity index (χ4v) is 1.86. The maximum Gasteiger partial charge on any atom is 0.246 e. The van der Waals surface area contributed by atoms with Gasteiger partial charge in [0.15, 0.2) is 5.82 Å². The zero-order chi connectivity index (χ0) is 14.0. The maximum atomic E-state index is 6.12. The standard InChI is InChI=1S/C14H22N4O/c1-9(2)13(15)11-5-6-18(7-11)8-12-16-14(10(3)4)17-19-12/h5-7,9-10,13H,8,15H2,1-4H3. The Bertz CT molecular complexity index is 527. The van der Waals surface area contributed by atoms with Gasteiger partial charge in [0, 0.05) is 24.4 Å². The summed E-state index contributed by atoms with van der Waals surface area (Å²) in [6, 6.07) is 2.11. The summed E-state index contributed by atoms with van der Waals surface area (Å²) < 4.78 is 7.26. The van der Waals surface area contributed by atoms with E-state index in [1.54, 1.807) is 0 Å². The van der Waals surface area contributed by atoms with Crippen LogP contribution in [0.4, 0.5) is 0 Å². The molecule has 1 atom stereocenters. The lowest BCUT2D eigenvalue weighted by atomic mass is 10.00. The Kier molecular flexibility index (Phi) is 4.04. The van der Waals surface area contributed by atoms with Crippen molar-refractivity contribution in [1.29, 1.82) is 0 Å². The van der Waals surface area contributed by atoms with Crippen molar-refractivity contribution in [2.24, 2.45) is 11.7 Å². The summed E-state index contributed by atoms with van der Waals surface area (Å²) in [6.07, 6.45) is 4.04. The van der Waals surface area contributed by atoms with Crippen LogP contribution in [0.2, 0.25) is 0 Å². The van der Waals surface area contributed by atoms with Crippen LogP contribution in [0, 0.1) is 5.92 Å². The second-order valence-electron chi connectivity index (χ2n) is 5.59. The molecule has 104 valence electrons. The second-order valence-corrected chi connectivity index (χ2v) is 5.59.